The van der Waals surface area contributed by atoms with E-state index >= 15 is 0 Å². The Morgan fingerprint density at radius 2 is 2.14 bits per heavy atom. The van der Waals surface area contributed by atoms with Gasteiger partial charge in [-0.2, -0.15) is 0 Å². The molecule has 3 nitrogen and oxygen atoms in total. The predicted octanol–water partition coefficient (Wildman–Crippen LogP) is 1.40. The lowest BCUT2D eigenvalue weighted by Gasteiger charge is -2.24. The van der Waals surface area contributed by atoms with E-state index in [1.807, 2.05) is 0 Å². The van der Waals surface area contributed by atoms with Crippen LogP contribution in [0.2, 0.25) is 0 Å². The SMILES string of the molecule is O=C(NC1CCNCC1)C(Br)CCBr. The second kappa shape index (κ2) is 6.80. The van der Waals surface area contributed by atoms with Gasteiger partial charge in [-0.3, -0.25) is 4.79 Å². The van der Waals surface area contributed by atoms with Gasteiger partial charge in [0.15, 0.2) is 0 Å². The van der Waals surface area contributed by atoms with Crippen molar-refractivity contribution in [2.24, 2.45) is 0 Å². The van der Waals surface area contributed by atoms with Crippen LogP contribution in [0.15, 0.2) is 0 Å². The average molecular weight is 328 g/mol. The molecule has 0 aliphatic carbocycles. The summed E-state index contributed by atoms with van der Waals surface area (Å²) < 4.78 is 0. The van der Waals surface area contributed by atoms with Crippen LogP contribution in [-0.4, -0.2) is 35.2 Å². The molecule has 1 amide bonds. The summed E-state index contributed by atoms with van der Waals surface area (Å²) in [5.41, 5.74) is 0. The van der Waals surface area contributed by atoms with Crippen LogP contribution >= 0.6 is 31.9 Å². The Morgan fingerprint density at radius 1 is 1.50 bits per heavy atom. The predicted molar refractivity (Wildman–Crippen MR) is 65.2 cm³/mol. The van der Waals surface area contributed by atoms with E-state index in [1.54, 1.807) is 0 Å². The number of hydrogen-bond donors (Lipinski definition) is 2. The monoisotopic (exact) mass is 326 g/mol. The lowest BCUT2D eigenvalue weighted by molar-refractivity contribution is -0.121. The fraction of sp³-hybridized carbons (Fsp3) is 0.889. The normalized spacial score (nSPS) is 20.4. The molecule has 1 unspecified atom stereocenters. The van der Waals surface area contributed by atoms with Gasteiger partial charge in [-0.15, -0.1) is 0 Å². The van der Waals surface area contributed by atoms with Crippen LogP contribution < -0.4 is 10.6 Å². The number of alkyl halides is 2. The first kappa shape index (κ1) is 12.5. The first-order valence-corrected chi connectivity index (χ1v) is 6.99. The van der Waals surface area contributed by atoms with E-state index < -0.39 is 0 Å². The van der Waals surface area contributed by atoms with Gasteiger partial charge in [0, 0.05) is 11.4 Å². The molecule has 0 aromatic heterocycles. The van der Waals surface area contributed by atoms with Crippen molar-refractivity contribution in [2.75, 3.05) is 18.4 Å². The molecule has 1 atom stereocenters. The molecule has 1 fully saturated rings. The van der Waals surface area contributed by atoms with Crippen molar-refractivity contribution in [3.05, 3.63) is 0 Å². The Labute approximate surface area is 102 Å². The first-order chi connectivity index (χ1) is 6.74. The second-order valence-electron chi connectivity index (χ2n) is 3.48. The number of carbonyl (C=O) groups is 1. The quantitative estimate of drug-likeness (QED) is 0.766. The number of amides is 1. The van der Waals surface area contributed by atoms with Crippen LogP contribution in [0.5, 0.6) is 0 Å². The molecular formula is C9H16Br2N2O. The topological polar surface area (TPSA) is 41.1 Å². The van der Waals surface area contributed by atoms with E-state index in [9.17, 15) is 4.79 Å². The maximum absolute atomic E-state index is 11.6. The number of carbonyl (C=O) groups excluding carboxylic acids is 1. The average Bonchev–Trinajstić information content (AvgIpc) is 2.19. The van der Waals surface area contributed by atoms with Crippen LogP contribution in [0, 0.1) is 0 Å². The van der Waals surface area contributed by atoms with Crippen molar-refractivity contribution < 1.29 is 4.79 Å². The smallest absolute Gasteiger partial charge is 0.234 e. The number of piperidine rings is 1. The second-order valence-corrected chi connectivity index (χ2v) is 5.38. The third kappa shape index (κ3) is 4.28. The van der Waals surface area contributed by atoms with E-state index in [-0.39, 0.29) is 10.7 Å². The first-order valence-electron chi connectivity index (χ1n) is 4.95. The Balaban J connectivity index is 2.24. The molecule has 1 heterocycles. The van der Waals surface area contributed by atoms with E-state index in [1.165, 1.54) is 0 Å². The molecule has 0 radical (unpaired) electrons. The Morgan fingerprint density at radius 3 is 2.71 bits per heavy atom. The highest BCUT2D eigenvalue weighted by atomic mass is 79.9. The van der Waals surface area contributed by atoms with Crippen molar-refractivity contribution in [3.63, 3.8) is 0 Å². The molecule has 1 rings (SSSR count). The summed E-state index contributed by atoms with van der Waals surface area (Å²) in [4.78, 5) is 11.5. The molecule has 0 saturated carbocycles. The lowest BCUT2D eigenvalue weighted by atomic mass is 10.1. The molecule has 0 bridgehead atoms. The van der Waals surface area contributed by atoms with Gasteiger partial charge in [-0.1, -0.05) is 31.9 Å². The van der Waals surface area contributed by atoms with Crippen molar-refractivity contribution >= 4 is 37.8 Å². The van der Waals surface area contributed by atoms with Gasteiger partial charge in [0.05, 0.1) is 4.83 Å². The third-order valence-electron chi connectivity index (χ3n) is 2.33. The zero-order chi connectivity index (χ0) is 10.4. The van der Waals surface area contributed by atoms with Gasteiger partial charge in [-0.25, -0.2) is 0 Å². The molecule has 0 spiro atoms. The summed E-state index contributed by atoms with van der Waals surface area (Å²) in [6.07, 6.45) is 2.91. The van der Waals surface area contributed by atoms with Gasteiger partial charge in [0.2, 0.25) is 5.91 Å². The van der Waals surface area contributed by atoms with Crippen LogP contribution in [0.3, 0.4) is 0 Å². The van der Waals surface area contributed by atoms with Crippen molar-refractivity contribution in [2.45, 2.75) is 30.1 Å². The van der Waals surface area contributed by atoms with Crippen molar-refractivity contribution in [1.82, 2.24) is 10.6 Å². The standard InChI is InChI=1S/C9H16Br2N2O/c10-4-1-8(11)9(14)13-7-2-5-12-6-3-7/h7-8,12H,1-6H2,(H,13,14). The number of hydrogen-bond acceptors (Lipinski definition) is 2. The molecule has 1 aliphatic rings. The fourth-order valence-electron chi connectivity index (χ4n) is 1.48. The van der Waals surface area contributed by atoms with Gasteiger partial charge >= 0.3 is 0 Å². The molecule has 14 heavy (non-hydrogen) atoms. The minimum atomic E-state index is -0.0586. The van der Waals surface area contributed by atoms with E-state index in [4.69, 9.17) is 0 Å². The minimum absolute atomic E-state index is 0.0586. The fourth-order valence-corrected chi connectivity index (χ4v) is 2.92. The molecule has 1 saturated heterocycles. The van der Waals surface area contributed by atoms with E-state index in [2.05, 4.69) is 42.5 Å². The highest BCUT2D eigenvalue weighted by Crippen LogP contribution is 2.09. The lowest BCUT2D eigenvalue weighted by Crippen LogP contribution is -2.45. The Kier molecular flexibility index (Phi) is 6.05. The van der Waals surface area contributed by atoms with Crippen molar-refractivity contribution in [1.29, 1.82) is 0 Å². The largest absolute Gasteiger partial charge is 0.352 e. The Hall–Kier alpha value is 0.390. The van der Waals surface area contributed by atoms with Gasteiger partial charge in [0.1, 0.15) is 0 Å². The van der Waals surface area contributed by atoms with Gasteiger partial charge in [-0.05, 0) is 32.4 Å². The Bertz CT molecular complexity index is 184. The summed E-state index contributed by atoms with van der Waals surface area (Å²) in [5.74, 6) is 0.122. The number of halogens is 2. The summed E-state index contributed by atoms with van der Waals surface area (Å²) in [7, 11) is 0. The molecule has 5 heteroatoms. The maximum atomic E-state index is 11.6. The molecule has 2 N–H and O–H groups in total. The van der Waals surface area contributed by atoms with Gasteiger partial charge < -0.3 is 10.6 Å². The summed E-state index contributed by atoms with van der Waals surface area (Å²) >= 11 is 6.70. The summed E-state index contributed by atoms with van der Waals surface area (Å²) in [6.45, 7) is 2.02. The molecule has 0 aromatic carbocycles. The highest BCUT2D eigenvalue weighted by Gasteiger charge is 2.19. The number of rotatable bonds is 4. The zero-order valence-electron chi connectivity index (χ0n) is 8.06. The van der Waals surface area contributed by atoms with E-state index in [0.717, 1.165) is 37.7 Å². The molecular weight excluding hydrogens is 312 g/mol. The summed E-state index contributed by atoms with van der Waals surface area (Å²) in [5, 5.41) is 7.18. The minimum Gasteiger partial charge on any atom is -0.352 e. The van der Waals surface area contributed by atoms with Crippen LogP contribution in [0.1, 0.15) is 19.3 Å². The number of nitrogens with one attached hydrogen (secondary N) is 2. The molecule has 82 valence electrons. The molecule has 1 aliphatic heterocycles. The van der Waals surface area contributed by atoms with E-state index in [0.29, 0.717) is 6.04 Å². The van der Waals surface area contributed by atoms with Gasteiger partial charge in [0.25, 0.3) is 0 Å². The molecule has 0 aromatic rings. The van der Waals surface area contributed by atoms with Crippen LogP contribution in [0.25, 0.3) is 0 Å². The summed E-state index contributed by atoms with van der Waals surface area (Å²) in [6, 6.07) is 0.360. The maximum Gasteiger partial charge on any atom is 0.234 e. The third-order valence-corrected chi connectivity index (χ3v) is 3.66. The van der Waals surface area contributed by atoms with Crippen LogP contribution in [0.4, 0.5) is 0 Å². The zero-order valence-corrected chi connectivity index (χ0v) is 11.2. The highest BCUT2D eigenvalue weighted by molar-refractivity contribution is 9.10. The van der Waals surface area contributed by atoms with Crippen LogP contribution in [-0.2, 0) is 4.79 Å². The van der Waals surface area contributed by atoms with Crippen molar-refractivity contribution in [3.8, 4) is 0 Å².